The van der Waals surface area contributed by atoms with Crippen LogP contribution < -0.4 is 5.32 Å². The largest absolute Gasteiger partial charge is 0.322 e. The van der Waals surface area contributed by atoms with Gasteiger partial charge in [-0.1, -0.05) is 18.2 Å². The van der Waals surface area contributed by atoms with Crippen LogP contribution in [-0.4, -0.2) is 56.3 Å². The highest BCUT2D eigenvalue weighted by atomic mass is 32.2. The number of sulfonamides is 1. The maximum absolute atomic E-state index is 13.9. The SMILES string of the molecule is Cc1ccc(NC(=O)CN2CCN(S(=O)(=O)c3ccccc3F)CC2)c(F)c1. The summed E-state index contributed by atoms with van der Waals surface area (Å²) in [5.74, 6) is -1.67. The van der Waals surface area contributed by atoms with Gasteiger partial charge < -0.3 is 5.32 Å². The Morgan fingerprint density at radius 3 is 2.36 bits per heavy atom. The molecule has 1 aliphatic heterocycles. The summed E-state index contributed by atoms with van der Waals surface area (Å²) >= 11 is 0. The average molecular weight is 409 g/mol. The van der Waals surface area contributed by atoms with E-state index in [-0.39, 0.29) is 36.1 Å². The van der Waals surface area contributed by atoms with Gasteiger partial charge in [0, 0.05) is 26.2 Å². The van der Waals surface area contributed by atoms with Gasteiger partial charge in [-0.05, 0) is 36.8 Å². The minimum Gasteiger partial charge on any atom is -0.322 e. The van der Waals surface area contributed by atoms with Gasteiger partial charge >= 0.3 is 0 Å². The van der Waals surface area contributed by atoms with Crippen molar-refractivity contribution >= 4 is 21.6 Å². The fourth-order valence-corrected chi connectivity index (χ4v) is 4.52. The van der Waals surface area contributed by atoms with Crippen molar-refractivity contribution in [1.29, 1.82) is 0 Å². The first-order valence-electron chi connectivity index (χ1n) is 8.80. The van der Waals surface area contributed by atoms with E-state index in [0.717, 1.165) is 11.6 Å². The fourth-order valence-electron chi connectivity index (χ4n) is 3.04. The predicted octanol–water partition coefficient (Wildman–Crippen LogP) is 2.22. The molecule has 0 bridgehead atoms. The molecular formula is C19H21F2N3O3S. The lowest BCUT2D eigenvalue weighted by Crippen LogP contribution is -2.50. The summed E-state index contributed by atoms with van der Waals surface area (Å²) in [6.45, 7) is 2.69. The lowest BCUT2D eigenvalue weighted by atomic mass is 10.2. The Morgan fingerprint density at radius 1 is 1.04 bits per heavy atom. The van der Waals surface area contributed by atoms with Crippen LogP contribution in [0.5, 0.6) is 0 Å². The van der Waals surface area contributed by atoms with Crippen molar-refractivity contribution in [3.8, 4) is 0 Å². The number of halogens is 2. The number of piperazine rings is 1. The number of nitrogens with zero attached hydrogens (tertiary/aromatic N) is 2. The summed E-state index contributed by atoms with van der Waals surface area (Å²) < 4.78 is 54.1. The van der Waals surface area contributed by atoms with Gasteiger partial charge in [0.25, 0.3) is 0 Å². The summed E-state index contributed by atoms with van der Waals surface area (Å²) in [6, 6.07) is 9.79. The highest BCUT2D eigenvalue weighted by Crippen LogP contribution is 2.20. The van der Waals surface area contributed by atoms with Crippen LogP contribution in [-0.2, 0) is 14.8 Å². The maximum Gasteiger partial charge on any atom is 0.246 e. The molecule has 0 atom stereocenters. The molecule has 2 aromatic rings. The smallest absolute Gasteiger partial charge is 0.246 e. The van der Waals surface area contributed by atoms with E-state index in [1.165, 1.54) is 34.6 Å². The minimum atomic E-state index is -3.92. The van der Waals surface area contributed by atoms with Crippen molar-refractivity contribution in [3.05, 3.63) is 59.7 Å². The third-order valence-corrected chi connectivity index (χ3v) is 6.48. The van der Waals surface area contributed by atoms with Crippen LogP contribution in [0.2, 0.25) is 0 Å². The summed E-state index contributed by atoms with van der Waals surface area (Å²) in [7, 11) is -3.92. The molecule has 1 aliphatic rings. The van der Waals surface area contributed by atoms with Crippen molar-refractivity contribution in [3.63, 3.8) is 0 Å². The van der Waals surface area contributed by atoms with Crippen molar-refractivity contribution in [2.24, 2.45) is 0 Å². The molecule has 1 amide bonds. The molecular weight excluding hydrogens is 388 g/mol. The van der Waals surface area contributed by atoms with Crippen LogP contribution >= 0.6 is 0 Å². The number of hydrogen-bond donors (Lipinski definition) is 1. The lowest BCUT2D eigenvalue weighted by molar-refractivity contribution is -0.117. The molecule has 0 spiro atoms. The van der Waals surface area contributed by atoms with Gasteiger partial charge in [0.15, 0.2) is 0 Å². The fraction of sp³-hybridized carbons (Fsp3) is 0.316. The highest BCUT2D eigenvalue weighted by Gasteiger charge is 2.30. The van der Waals surface area contributed by atoms with E-state index in [0.29, 0.717) is 13.1 Å². The number of amides is 1. The van der Waals surface area contributed by atoms with Crippen LogP contribution in [0.15, 0.2) is 47.4 Å². The van der Waals surface area contributed by atoms with Crippen LogP contribution in [0.25, 0.3) is 0 Å². The van der Waals surface area contributed by atoms with E-state index >= 15 is 0 Å². The Bertz CT molecular complexity index is 974. The van der Waals surface area contributed by atoms with Gasteiger partial charge in [-0.25, -0.2) is 17.2 Å². The zero-order valence-electron chi connectivity index (χ0n) is 15.4. The number of carbonyl (C=O) groups is 1. The van der Waals surface area contributed by atoms with Gasteiger partial charge in [-0.15, -0.1) is 0 Å². The molecule has 0 aromatic heterocycles. The summed E-state index contributed by atoms with van der Waals surface area (Å²) in [5.41, 5.74) is 0.860. The van der Waals surface area contributed by atoms with Gasteiger partial charge in [0.05, 0.1) is 12.2 Å². The Balaban J connectivity index is 1.57. The molecule has 9 heteroatoms. The van der Waals surface area contributed by atoms with Crippen LogP contribution in [0, 0.1) is 18.6 Å². The second-order valence-corrected chi connectivity index (χ2v) is 8.55. The first-order chi connectivity index (χ1) is 13.3. The Morgan fingerprint density at radius 2 is 1.71 bits per heavy atom. The standard InChI is InChI=1S/C19H21F2N3O3S/c1-14-6-7-17(16(21)12-14)22-19(25)13-23-8-10-24(11-9-23)28(26,27)18-5-3-2-4-15(18)20/h2-7,12H,8-11,13H2,1H3,(H,22,25). The van der Waals surface area contributed by atoms with Crippen LogP contribution in [0.3, 0.4) is 0 Å². The number of anilines is 1. The zero-order valence-corrected chi connectivity index (χ0v) is 16.2. The normalized spacial score (nSPS) is 16.1. The quantitative estimate of drug-likeness (QED) is 0.822. The molecule has 3 rings (SSSR count). The van der Waals surface area contributed by atoms with Crippen molar-refractivity contribution in [1.82, 2.24) is 9.21 Å². The second-order valence-electron chi connectivity index (χ2n) is 6.64. The van der Waals surface area contributed by atoms with Crippen LogP contribution in [0.1, 0.15) is 5.56 Å². The number of benzene rings is 2. The highest BCUT2D eigenvalue weighted by molar-refractivity contribution is 7.89. The first kappa shape index (κ1) is 20.4. The maximum atomic E-state index is 13.9. The number of hydrogen-bond acceptors (Lipinski definition) is 4. The molecule has 28 heavy (non-hydrogen) atoms. The first-order valence-corrected chi connectivity index (χ1v) is 10.2. The van der Waals surface area contributed by atoms with Gasteiger partial charge in [0.1, 0.15) is 16.5 Å². The molecule has 0 radical (unpaired) electrons. The molecule has 2 aromatic carbocycles. The zero-order chi connectivity index (χ0) is 20.3. The average Bonchev–Trinajstić information content (AvgIpc) is 2.65. The monoisotopic (exact) mass is 409 g/mol. The van der Waals surface area contributed by atoms with E-state index in [9.17, 15) is 22.0 Å². The molecule has 1 saturated heterocycles. The molecule has 0 unspecified atom stereocenters. The third kappa shape index (κ3) is 4.54. The molecule has 0 aliphatic carbocycles. The Hall–Kier alpha value is -2.36. The molecule has 1 N–H and O–H groups in total. The topological polar surface area (TPSA) is 69.7 Å². The van der Waals surface area contributed by atoms with Crippen molar-refractivity contribution < 1.29 is 22.0 Å². The van der Waals surface area contributed by atoms with E-state index < -0.39 is 21.7 Å². The number of rotatable bonds is 5. The van der Waals surface area contributed by atoms with E-state index in [1.807, 2.05) is 0 Å². The Labute approximate surface area is 162 Å². The molecule has 6 nitrogen and oxygen atoms in total. The van der Waals surface area contributed by atoms with Crippen LogP contribution in [0.4, 0.5) is 14.5 Å². The molecule has 150 valence electrons. The number of aryl methyl sites for hydroxylation is 1. The summed E-state index contributed by atoms with van der Waals surface area (Å²) in [5, 5.41) is 2.52. The van der Waals surface area contributed by atoms with Crippen molar-refractivity contribution in [2.75, 3.05) is 38.0 Å². The van der Waals surface area contributed by atoms with E-state index in [2.05, 4.69) is 5.32 Å². The van der Waals surface area contributed by atoms with Crippen molar-refractivity contribution in [2.45, 2.75) is 11.8 Å². The van der Waals surface area contributed by atoms with Gasteiger partial charge in [0.2, 0.25) is 15.9 Å². The number of nitrogens with one attached hydrogen (secondary N) is 1. The molecule has 1 fully saturated rings. The second kappa shape index (κ2) is 8.34. The summed E-state index contributed by atoms with van der Waals surface area (Å²) in [4.78, 5) is 13.6. The lowest BCUT2D eigenvalue weighted by Gasteiger charge is -2.33. The summed E-state index contributed by atoms with van der Waals surface area (Å²) in [6.07, 6.45) is 0. The molecule has 1 heterocycles. The minimum absolute atomic E-state index is 0.0148. The van der Waals surface area contributed by atoms with E-state index in [1.54, 1.807) is 17.9 Å². The van der Waals surface area contributed by atoms with Gasteiger partial charge in [-0.2, -0.15) is 4.31 Å². The predicted molar refractivity (Wildman–Crippen MR) is 101 cm³/mol. The number of carbonyl (C=O) groups excluding carboxylic acids is 1. The van der Waals surface area contributed by atoms with Gasteiger partial charge in [-0.3, -0.25) is 9.69 Å². The van der Waals surface area contributed by atoms with E-state index in [4.69, 9.17) is 0 Å². The third-order valence-electron chi connectivity index (χ3n) is 4.55. The molecule has 0 saturated carbocycles. The Kier molecular flexibility index (Phi) is 6.07.